The molecule has 0 radical (unpaired) electrons. The molecule has 2 nitrogen and oxygen atoms in total. The molecule has 2 aromatic carbocycles. The van der Waals surface area contributed by atoms with Crippen LogP contribution in [0.3, 0.4) is 0 Å². The highest BCUT2D eigenvalue weighted by atomic mass is 16.5. The van der Waals surface area contributed by atoms with Crippen molar-refractivity contribution in [3.8, 4) is 5.75 Å². The molecule has 2 atom stereocenters. The highest BCUT2D eigenvalue weighted by molar-refractivity contribution is 5.75. The topological polar surface area (TPSA) is 12.5 Å². The first-order chi connectivity index (χ1) is 11.2. The van der Waals surface area contributed by atoms with E-state index in [1.165, 1.54) is 28.8 Å². The van der Waals surface area contributed by atoms with Crippen LogP contribution in [0.25, 0.3) is 6.08 Å². The number of rotatable bonds is 0. The number of hydrogen-bond acceptors (Lipinski definition) is 2. The number of benzene rings is 2. The van der Waals surface area contributed by atoms with Crippen molar-refractivity contribution in [3.05, 3.63) is 65.2 Å². The van der Waals surface area contributed by atoms with Gasteiger partial charge in [0.05, 0.1) is 5.41 Å². The van der Waals surface area contributed by atoms with Crippen molar-refractivity contribution in [1.29, 1.82) is 0 Å². The Balaban J connectivity index is 1.80. The van der Waals surface area contributed by atoms with Gasteiger partial charge < -0.3 is 9.64 Å². The summed E-state index contributed by atoms with van der Waals surface area (Å²) in [6.07, 6.45) is 5.87. The molecule has 0 bridgehead atoms. The van der Waals surface area contributed by atoms with Gasteiger partial charge in [-0.05, 0) is 55.5 Å². The van der Waals surface area contributed by atoms with E-state index in [4.69, 9.17) is 4.74 Å². The fourth-order valence-corrected chi connectivity index (χ4v) is 5.09. The molecular formula is C21H21NO. The molecule has 2 aliphatic heterocycles. The lowest BCUT2D eigenvalue weighted by Gasteiger charge is -2.53. The van der Waals surface area contributed by atoms with Crippen molar-refractivity contribution in [2.24, 2.45) is 0 Å². The number of fused-ring (bicyclic) bond motifs is 3. The van der Waals surface area contributed by atoms with E-state index in [1.54, 1.807) is 0 Å². The maximum atomic E-state index is 6.80. The summed E-state index contributed by atoms with van der Waals surface area (Å²) in [5.74, 6) is 1.00. The lowest BCUT2D eigenvalue weighted by molar-refractivity contribution is 0.0156. The molecule has 1 saturated carbocycles. The smallest absolute Gasteiger partial charge is 0.215 e. The zero-order valence-corrected chi connectivity index (χ0v) is 13.7. The van der Waals surface area contributed by atoms with E-state index < -0.39 is 0 Å². The molecule has 0 amide bonds. The van der Waals surface area contributed by atoms with Gasteiger partial charge in [-0.3, -0.25) is 0 Å². The van der Waals surface area contributed by atoms with Crippen LogP contribution in [0, 0.1) is 0 Å². The first-order valence-corrected chi connectivity index (χ1v) is 8.49. The van der Waals surface area contributed by atoms with Crippen LogP contribution in [0.15, 0.2) is 54.1 Å². The predicted octanol–water partition coefficient (Wildman–Crippen LogP) is 4.75. The number of ether oxygens (including phenoxy) is 1. The van der Waals surface area contributed by atoms with E-state index in [2.05, 4.69) is 73.5 Å². The average molecular weight is 303 g/mol. The summed E-state index contributed by atoms with van der Waals surface area (Å²) >= 11 is 0. The molecule has 1 fully saturated rings. The van der Waals surface area contributed by atoms with Crippen molar-refractivity contribution >= 4 is 11.8 Å². The van der Waals surface area contributed by atoms with Crippen molar-refractivity contribution in [1.82, 2.24) is 0 Å². The lowest BCUT2D eigenvalue weighted by Crippen LogP contribution is -2.63. The zero-order valence-electron chi connectivity index (χ0n) is 13.7. The summed E-state index contributed by atoms with van der Waals surface area (Å²) in [6.45, 7) is 2.39. The van der Waals surface area contributed by atoms with Crippen LogP contribution in [-0.4, -0.2) is 12.8 Å². The minimum absolute atomic E-state index is 0.00401. The van der Waals surface area contributed by atoms with Gasteiger partial charge in [0.15, 0.2) is 0 Å². The maximum absolute atomic E-state index is 6.80. The molecule has 116 valence electrons. The minimum Gasteiger partial charge on any atom is -0.462 e. The Bertz CT molecular complexity index is 839. The molecule has 2 aromatic rings. The molecule has 1 spiro atoms. The molecule has 0 saturated heterocycles. The van der Waals surface area contributed by atoms with E-state index >= 15 is 0 Å². The zero-order chi connectivity index (χ0) is 15.7. The first kappa shape index (κ1) is 13.2. The molecule has 0 aromatic heterocycles. The summed E-state index contributed by atoms with van der Waals surface area (Å²) < 4.78 is 6.80. The van der Waals surface area contributed by atoms with Gasteiger partial charge in [0.25, 0.3) is 0 Å². The highest BCUT2D eigenvalue weighted by Gasteiger charge is 2.64. The predicted molar refractivity (Wildman–Crippen MR) is 93.8 cm³/mol. The van der Waals surface area contributed by atoms with Gasteiger partial charge >= 0.3 is 0 Å². The number of anilines is 1. The largest absolute Gasteiger partial charge is 0.462 e. The molecule has 5 rings (SSSR count). The second kappa shape index (κ2) is 4.19. The molecule has 23 heavy (non-hydrogen) atoms. The quantitative estimate of drug-likeness (QED) is 0.696. The third-order valence-corrected chi connectivity index (χ3v) is 6.14. The lowest BCUT2D eigenvalue weighted by atomic mass is 9.64. The van der Waals surface area contributed by atoms with Gasteiger partial charge in [-0.2, -0.15) is 0 Å². The van der Waals surface area contributed by atoms with E-state index in [-0.39, 0.29) is 11.1 Å². The van der Waals surface area contributed by atoms with Gasteiger partial charge in [0.2, 0.25) is 5.72 Å². The van der Waals surface area contributed by atoms with E-state index in [0.29, 0.717) is 0 Å². The second-order valence-electron chi connectivity index (χ2n) is 7.22. The van der Waals surface area contributed by atoms with E-state index in [9.17, 15) is 0 Å². The molecule has 1 aliphatic carbocycles. The van der Waals surface area contributed by atoms with Crippen LogP contribution in [-0.2, 0) is 5.41 Å². The van der Waals surface area contributed by atoms with Gasteiger partial charge in [-0.25, -0.2) is 0 Å². The van der Waals surface area contributed by atoms with Crippen LogP contribution in [0.2, 0.25) is 0 Å². The Labute approximate surface area is 137 Å². The molecule has 3 aliphatic rings. The minimum atomic E-state index is -0.372. The van der Waals surface area contributed by atoms with Gasteiger partial charge in [0, 0.05) is 18.3 Å². The Morgan fingerprint density at radius 3 is 2.74 bits per heavy atom. The van der Waals surface area contributed by atoms with Crippen molar-refractivity contribution in [2.45, 2.75) is 37.3 Å². The van der Waals surface area contributed by atoms with Crippen molar-refractivity contribution in [3.63, 3.8) is 0 Å². The normalized spacial score (nSPS) is 30.5. The maximum Gasteiger partial charge on any atom is 0.215 e. The fraction of sp³-hybridized carbons (Fsp3) is 0.333. The van der Waals surface area contributed by atoms with Crippen LogP contribution < -0.4 is 9.64 Å². The molecule has 2 heteroatoms. The van der Waals surface area contributed by atoms with Crippen molar-refractivity contribution < 1.29 is 4.74 Å². The summed E-state index contributed by atoms with van der Waals surface area (Å²) in [5, 5.41) is 0. The number of likely N-dealkylation sites (N-methyl/N-ethyl adjacent to an activating group) is 1. The van der Waals surface area contributed by atoms with Crippen molar-refractivity contribution in [2.75, 3.05) is 11.9 Å². The van der Waals surface area contributed by atoms with Crippen LogP contribution in [0.4, 0.5) is 5.69 Å². The third kappa shape index (κ3) is 1.40. The fourth-order valence-electron chi connectivity index (χ4n) is 5.09. The summed E-state index contributed by atoms with van der Waals surface area (Å²) in [6, 6.07) is 17.2. The molecule has 2 heterocycles. The molecule has 2 unspecified atom stereocenters. The van der Waals surface area contributed by atoms with Crippen LogP contribution in [0.5, 0.6) is 5.75 Å². The van der Waals surface area contributed by atoms with Gasteiger partial charge in [0.1, 0.15) is 5.75 Å². The SMILES string of the molecule is CN1c2ccccc2C2(C)CCCC3=Cc4ccccc4OC312. The Morgan fingerprint density at radius 2 is 1.83 bits per heavy atom. The van der Waals surface area contributed by atoms with Gasteiger partial charge in [-0.1, -0.05) is 36.4 Å². The Morgan fingerprint density at radius 1 is 1.04 bits per heavy atom. The standard InChI is InChI=1S/C21H21NO/c1-20-13-7-9-16-14-15-8-3-6-12-19(15)23-21(16,20)22(2)18-11-5-4-10-17(18)20/h3-6,8,10-12,14H,7,9,13H2,1-2H3. The summed E-state index contributed by atoms with van der Waals surface area (Å²) in [4.78, 5) is 2.38. The van der Waals surface area contributed by atoms with E-state index in [1.807, 2.05) is 0 Å². The van der Waals surface area contributed by atoms with E-state index in [0.717, 1.165) is 18.6 Å². The molecule has 0 N–H and O–H groups in total. The highest BCUT2D eigenvalue weighted by Crippen LogP contribution is 2.61. The summed E-state index contributed by atoms with van der Waals surface area (Å²) in [7, 11) is 2.19. The Kier molecular flexibility index (Phi) is 2.41. The molecular weight excluding hydrogens is 282 g/mol. The van der Waals surface area contributed by atoms with Crippen LogP contribution in [0.1, 0.15) is 37.3 Å². The number of hydrogen-bond donors (Lipinski definition) is 0. The number of nitrogens with zero attached hydrogens (tertiary/aromatic N) is 1. The average Bonchev–Trinajstić information content (AvgIpc) is 2.78. The Hall–Kier alpha value is -2.22. The third-order valence-electron chi connectivity index (χ3n) is 6.14. The second-order valence-corrected chi connectivity index (χ2v) is 7.22. The summed E-state index contributed by atoms with van der Waals surface area (Å²) in [5.41, 5.74) is 4.99. The van der Waals surface area contributed by atoms with Crippen LogP contribution >= 0.6 is 0 Å². The van der Waals surface area contributed by atoms with Gasteiger partial charge in [-0.15, -0.1) is 0 Å². The monoisotopic (exact) mass is 303 g/mol. The number of para-hydroxylation sites is 2. The first-order valence-electron chi connectivity index (χ1n) is 8.49.